The monoisotopic (exact) mass is 299 g/mol. The Labute approximate surface area is 132 Å². The normalized spacial score (nSPS) is 35.4. The average Bonchev–Trinajstić information content (AvgIpc) is 2.46. The van der Waals surface area contributed by atoms with Gasteiger partial charge < -0.3 is 10.1 Å². The van der Waals surface area contributed by atoms with Crippen molar-refractivity contribution >= 4 is 5.91 Å². The molecular formula is C19H25NO2. The first-order chi connectivity index (χ1) is 10.7. The van der Waals surface area contributed by atoms with Crippen molar-refractivity contribution in [3.63, 3.8) is 0 Å². The fourth-order valence-electron chi connectivity index (χ4n) is 5.47. The molecule has 4 bridgehead atoms. The lowest BCUT2D eigenvalue weighted by Crippen LogP contribution is -2.59. The maximum Gasteiger partial charge on any atom is 0.251 e. The predicted molar refractivity (Wildman–Crippen MR) is 86.0 cm³/mol. The Hall–Kier alpha value is -1.51. The maximum atomic E-state index is 12.7. The predicted octanol–water partition coefficient (Wildman–Crippen LogP) is 3.78. The van der Waals surface area contributed by atoms with E-state index in [9.17, 15) is 4.79 Å². The Morgan fingerprint density at radius 1 is 1.18 bits per heavy atom. The summed E-state index contributed by atoms with van der Waals surface area (Å²) in [6.45, 7) is 2.59. The molecule has 0 unspecified atom stereocenters. The van der Waals surface area contributed by atoms with E-state index in [4.69, 9.17) is 4.74 Å². The van der Waals surface area contributed by atoms with E-state index in [1.807, 2.05) is 31.2 Å². The molecule has 5 rings (SSSR count). The van der Waals surface area contributed by atoms with Crippen LogP contribution in [0.3, 0.4) is 0 Å². The van der Waals surface area contributed by atoms with E-state index < -0.39 is 0 Å². The number of ether oxygens (including phenoxy) is 1. The van der Waals surface area contributed by atoms with Gasteiger partial charge in [0.1, 0.15) is 5.75 Å². The van der Waals surface area contributed by atoms with Crippen LogP contribution in [0.4, 0.5) is 0 Å². The van der Waals surface area contributed by atoms with Gasteiger partial charge in [0.25, 0.3) is 5.91 Å². The van der Waals surface area contributed by atoms with Gasteiger partial charge in [-0.3, -0.25) is 4.79 Å². The van der Waals surface area contributed by atoms with E-state index in [1.165, 1.54) is 38.5 Å². The molecule has 0 saturated heterocycles. The highest BCUT2D eigenvalue weighted by Crippen LogP contribution is 2.55. The zero-order valence-electron chi connectivity index (χ0n) is 13.3. The molecule has 0 atom stereocenters. The van der Waals surface area contributed by atoms with Gasteiger partial charge in [0.05, 0.1) is 6.61 Å². The average molecular weight is 299 g/mol. The summed E-state index contributed by atoms with van der Waals surface area (Å²) in [7, 11) is 0. The summed E-state index contributed by atoms with van der Waals surface area (Å²) in [6.07, 6.45) is 7.76. The van der Waals surface area contributed by atoms with Crippen molar-refractivity contribution in [1.29, 1.82) is 0 Å². The van der Waals surface area contributed by atoms with Crippen LogP contribution in [-0.4, -0.2) is 18.1 Å². The number of amides is 1. The molecule has 0 spiro atoms. The second-order valence-corrected chi connectivity index (χ2v) is 7.61. The van der Waals surface area contributed by atoms with Crippen LogP contribution in [0.15, 0.2) is 24.3 Å². The highest BCUT2D eigenvalue weighted by molar-refractivity contribution is 5.95. The number of rotatable bonds is 4. The van der Waals surface area contributed by atoms with Gasteiger partial charge in [-0.25, -0.2) is 0 Å². The number of carbonyl (C=O) groups excluding carboxylic acids is 1. The van der Waals surface area contributed by atoms with Crippen LogP contribution in [0.2, 0.25) is 0 Å². The van der Waals surface area contributed by atoms with E-state index in [1.54, 1.807) is 0 Å². The van der Waals surface area contributed by atoms with Gasteiger partial charge in [-0.2, -0.15) is 0 Å². The molecule has 4 fully saturated rings. The Balaban J connectivity index is 1.51. The maximum absolute atomic E-state index is 12.7. The van der Waals surface area contributed by atoms with Crippen molar-refractivity contribution in [2.24, 2.45) is 17.8 Å². The third kappa shape index (κ3) is 2.51. The molecular weight excluding hydrogens is 274 g/mol. The summed E-state index contributed by atoms with van der Waals surface area (Å²) in [5.41, 5.74) is 0.801. The molecule has 1 aromatic carbocycles. The lowest BCUT2D eigenvalue weighted by molar-refractivity contribution is -0.0167. The third-order valence-corrected chi connectivity index (χ3v) is 5.82. The smallest absolute Gasteiger partial charge is 0.251 e. The van der Waals surface area contributed by atoms with Crippen LogP contribution in [-0.2, 0) is 0 Å². The molecule has 0 radical (unpaired) electrons. The van der Waals surface area contributed by atoms with Crippen LogP contribution in [0.25, 0.3) is 0 Å². The van der Waals surface area contributed by atoms with E-state index in [0.717, 1.165) is 29.1 Å². The first-order valence-electron chi connectivity index (χ1n) is 8.71. The Morgan fingerprint density at radius 3 is 2.41 bits per heavy atom. The lowest BCUT2D eigenvalue weighted by Gasteiger charge is -2.56. The summed E-state index contributed by atoms with van der Waals surface area (Å²) in [5.74, 6) is 3.40. The molecule has 0 aromatic heterocycles. The van der Waals surface area contributed by atoms with E-state index >= 15 is 0 Å². The van der Waals surface area contributed by atoms with Crippen molar-refractivity contribution < 1.29 is 9.53 Å². The quantitative estimate of drug-likeness (QED) is 0.918. The summed E-state index contributed by atoms with van der Waals surface area (Å²) >= 11 is 0. The van der Waals surface area contributed by atoms with Gasteiger partial charge in [0.15, 0.2) is 0 Å². The van der Waals surface area contributed by atoms with Crippen LogP contribution in [0.5, 0.6) is 5.75 Å². The summed E-state index contributed by atoms with van der Waals surface area (Å²) in [4.78, 5) is 12.7. The second kappa shape index (κ2) is 5.29. The standard InChI is InChI=1S/C19H25NO2/c1-2-22-17-5-3-4-16(9-17)18(21)20-19-10-13-6-14(11-19)8-15(7-13)12-19/h3-5,9,13-15H,2,6-8,10-12H2,1H3,(H,20,21). The largest absolute Gasteiger partial charge is 0.494 e. The van der Waals surface area contributed by atoms with Crippen molar-refractivity contribution in [1.82, 2.24) is 5.32 Å². The van der Waals surface area contributed by atoms with Crippen LogP contribution in [0, 0.1) is 17.8 Å². The Morgan fingerprint density at radius 2 is 1.82 bits per heavy atom. The molecule has 1 amide bonds. The van der Waals surface area contributed by atoms with Crippen LogP contribution in [0.1, 0.15) is 55.8 Å². The first-order valence-corrected chi connectivity index (χ1v) is 8.71. The summed E-state index contributed by atoms with van der Waals surface area (Å²) < 4.78 is 5.51. The van der Waals surface area contributed by atoms with Crippen molar-refractivity contribution in [2.75, 3.05) is 6.61 Å². The minimum atomic E-state index is 0.0727. The fourth-order valence-corrected chi connectivity index (χ4v) is 5.47. The second-order valence-electron chi connectivity index (χ2n) is 7.61. The molecule has 118 valence electrons. The van der Waals surface area contributed by atoms with Gasteiger partial charge in [-0.05, 0) is 81.4 Å². The topological polar surface area (TPSA) is 38.3 Å². The number of nitrogens with one attached hydrogen (secondary N) is 1. The molecule has 1 N–H and O–H groups in total. The molecule has 1 aromatic rings. The highest BCUT2D eigenvalue weighted by atomic mass is 16.5. The van der Waals surface area contributed by atoms with Gasteiger partial charge in [0.2, 0.25) is 0 Å². The van der Waals surface area contributed by atoms with E-state index in [0.29, 0.717) is 6.61 Å². The molecule has 3 nitrogen and oxygen atoms in total. The molecule has 4 aliphatic carbocycles. The van der Waals surface area contributed by atoms with Gasteiger partial charge in [-0.15, -0.1) is 0 Å². The number of carbonyl (C=O) groups is 1. The minimum absolute atomic E-state index is 0.0727. The fraction of sp³-hybridized carbons (Fsp3) is 0.632. The first kappa shape index (κ1) is 14.1. The van der Waals surface area contributed by atoms with Crippen molar-refractivity contribution in [2.45, 2.75) is 51.0 Å². The number of benzene rings is 1. The van der Waals surface area contributed by atoms with E-state index in [-0.39, 0.29) is 11.4 Å². The molecule has 4 aliphatic rings. The third-order valence-electron chi connectivity index (χ3n) is 5.82. The SMILES string of the molecule is CCOc1cccc(C(=O)NC23CC4CC(CC(C4)C2)C3)c1. The van der Waals surface area contributed by atoms with Crippen LogP contribution >= 0.6 is 0 Å². The molecule has 3 heteroatoms. The Bertz CT molecular complexity index is 545. The number of hydrogen-bond acceptors (Lipinski definition) is 2. The van der Waals surface area contributed by atoms with Gasteiger partial charge in [-0.1, -0.05) is 6.07 Å². The molecule has 22 heavy (non-hydrogen) atoms. The number of hydrogen-bond donors (Lipinski definition) is 1. The minimum Gasteiger partial charge on any atom is -0.494 e. The zero-order chi connectivity index (χ0) is 15.2. The van der Waals surface area contributed by atoms with E-state index in [2.05, 4.69) is 5.32 Å². The summed E-state index contributed by atoms with van der Waals surface area (Å²) in [6, 6.07) is 7.56. The lowest BCUT2D eigenvalue weighted by atomic mass is 9.53. The molecule has 4 saturated carbocycles. The Kier molecular flexibility index (Phi) is 3.39. The molecule has 0 aliphatic heterocycles. The molecule has 0 heterocycles. The highest BCUT2D eigenvalue weighted by Gasteiger charge is 2.51. The van der Waals surface area contributed by atoms with Crippen molar-refractivity contribution in [3.8, 4) is 5.75 Å². The van der Waals surface area contributed by atoms with Gasteiger partial charge >= 0.3 is 0 Å². The zero-order valence-corrected chi connectivity index (χ0v) is 13.3. The van der Waals surface area contributed by atoms with Gasteiger partial charge in [0, 0.05) is 11.1 Å². The van der Waals surface area contributed by atoms with Crippen molar-refractivity contribution in [3.05, 3.63) is 29.8 Å². The van der Waals surface area contributed by atoms with Crippen LogP contribution < -0.4 is 10.1 Å². The summed E-state index contributed by atoms with van der Waals surface area (Å²) in [5, 5.41) is 3.42.